The van der Waals surface area contributed by atoms with Crippen molar-refractivity contribution in [1.29, 1.82) is 0 Å². The summed E-state index contributed by atoms with van der Waals surface area (Å²) in [6.45, 7) is 4.92. The topological polar surface area (TPSA) is 74.8 Å². The Hall–Kier alpha value is -1.65. The molecule has 0 atom stereocenters. The van der Waals surface area contributed by atoms with E-state index in [-0.39, 0.29) is 18.1 Å². The number of rotatable bonds is 4. The molecule has 0 spiro atoms. The minimum atomic E-state index is -0.125. The number of carbonyl (C=O) groups excluding carboxylic acids is 2. The molecule has 0 radical (unpaired) electrons. The predicted octanol–water partition coefficient (Wildman–Crippen LogP) is 0.922. The first kappa shape index (κ1) is 10.4. The number of carbonyl (C=O) groups is 2. The third-order valence-electron chi connectivity index (χ3n) is 1.79. The average molecular weight is 195 g/mol. The van der Waals surface area contributed by atoms with Crippen molar-refractivity contribution >= 4 is 17.3 Å². The van der Waals surface area contributed by atoms with E-state index in [9.17, 15) is 9.59 Å². The van der Waals surface area contributed by atoms with E-state index in [4.69, 9.17) is 0 Å². The molecule has 76 valence electrons. The lowest BCUT2D eigenvalue weighted by molar-refractivity contribution is -0.115. The Morgan fingerprint density at radius 2 is 2.07 bits per heavy atom. The number of anilines is 1. The van der Waals surface area contributed by atoms with Crippen molar-refractivity contribution in [3.05, 3.63) is 11.4 Å². The van der Waals surface area contributed by atoms with Crippen LogP contribution in [0.4, 0.5) is 5.69 Å². The molecule has 1 rings (SSSR count). The van der Waals surface area contributed by atoms with Crippen LogP contribution in [0.2, 0.25) is 0 Å². The zero-order valence-corrected chi connectivity index (χ0v) is 8.47. The van der Waals surface area contributed by atoms with Crippen molar-refractivity contribution in [3.63, 3.8) is 0 Å². The second-order valence-electron chi connectivity index (χ2n) is 3.18. The number of hydrogen-bond acceptors (Lipinski definition) is 4. The molecule has 0 aliphatic rings. The summed E-state index contributed by atoms with van der Waals surface area (Å²) in [6, 6.07) is 0. The van der Waals surface area contributed by atoms with Gasteiger partial charge in [-0.1, -0.05) is 0 Å². The number of aromatic amines is 1. The number of hydrogen-bond donors (Lipinski definition) is 2. The van der Waals surface area contributed by atoms with Crippen LogP contribution in [0.15, 0.2) is 0 Å². The lowest BCUT2D eigenvalue weighted by Crippen LogP contribution is -2.12. The van der Waals surface area contributed by atoms with Crippen LogP contribution in [0.3, 0.4) is 0 Å². The number of H-pyrrole nitrogens is 1. The number of ketones is 2. The van der Waals surface area contributed by atoms with Crippen molar-refractivity contribution in [3.8, 4) is 0 Å². The monoisotopic (exact) mass is 195 g/mol. The molecule has 5 heteroatoms. The molecule has 5 nitrogen and oxygen atoms in total. The summed E-state index contributed by atoms with van der Waals surface area (Å²) in [5.41, 5.74) is 1.73. The Kier molecular flexibility index (Phi) is 3.01. The second kappa shape index (κ2) is 4.04. The van der Waals surface area contributed by atoms with Crippen molar-refractivity contribution < 1.29 is 9.59 Å². The summed E-state index contributed by atoms with van der Waals surface area (Å²) in [4.78, 5) is 21.9. The fourth-order valence-corrected chi connectivity index (χ4v) is 1.11. The molecule has 1 heterocycles. The zero-order valence-electron chi connectivity index (χ0n) is 8.47. The Bertz CT molecular complexity index is 368. The molecule has 2 N–H and O–H groups in total. The lowest BCUT2D eigenvalue weighted by Gasteiger charge is -2.03. The van der Waals surface area contributed by atoms with Gasteiger partial charge in [0.2, 0.25) is 0 Å². The van der Waals surface area contributed by atoms with Crippen LogP contribution in [0.1, 0.15) is 30.0 Å². The Labute approximate surface area is 81.9 Å². The molecule has 0 aliphatic heterocycles. The van der Waals surface area contributed by atoms with Gasteiger partial charge in [0.15, 0.2) is 11.5 Å². The van der Waals surface area contributed by atoms with Crippen LogP contribution in [0.25, 0.3) is 0 Å². The van der Waals surface area contributed by atoms with Crippen LogP contribution in [-0.4, -0.2) is 28.3 Å². The van der Waals surface area contributed by atoms with Crippen LogP contribution >= 0.6 is 0 Å². The highest BCUT2D eigenvalue weighted by Crippen LogP contribution is 2.17. The van der Waals surface area contributed by atoms with Gasteiger partial charge in [-0.05, 0) is 13.8 Å². The Morgan fingerprint density at radius 1 is 1.43 bits per heavy atom. The first-order valence-electron chi connectivity index (χ1n) is 4.31. The standard InChI is InChI=1S/C9H13N3O2/c1-5(13)4-10-8-6(2)11-12-9(8)7(3)14/h10H,4H2,1-3H3,(H,11,12). The largest absolute Gasteiger partial charge is 0.375 e. The van der Waals surface area contributed by atoms with E-state index < -0.39 is 0 Å². The van der Waals surface area contributed by atoms with Gasteiger partial charge < -0.3 is 5.32 Å². The maximum Gasteiger partial charge on any atom is 0.182 e. The van der Waals surface area contributed by atoms with Crippen molar-refractivity contribution in [2.45, 2.75) is 20.8 Å². The minimum absolute atomic E-state index is 0.0140. The van der Waals surface area contributed by atoms with Crippen molar-refractivity contribution in [2.75, 3.05) is 11.9 Å². The number of aryl methyl sites for hydroxylation is 1. The summed E-state index contributed by atoms with van der Waals surface area (Å²) in [5.74, 6) is -0.111. The average Bonchev–Trinajstić information content (AvgIpc) is 2.43. The highest BCUT2D eigenvalue weighted by atomic mass is 16.1. The van der Waals surface area contributed by atoms with Crippen LogP contribution in [0.5, 0.6) is 0 Å². The Morgan fingerprint density at radius 3 is 2.57 bits per heavy atom. The smallest absolute Gasteiger partial charge is 0.182 e. The van der Waals surface area contributed by atoms with Crippen LogP contribution in [0, 0.1) is 6.92 Å². The molecule has 0 aromatic carbocycles. The summed E-state index contributed by atoms with van der Waals surface area (Å²) in [6.07, 6.45) is 0. The van der Waals surface area contributed by atoms with Gasteiger partial charge in [0.05, 0.1) is 17.9 Å². The molecular formula is C9H13N3O2. The third-order valence-corrected chi connectivity index (χ3v) is 1.79. The van der Waals surface area contributed by atoms with E-state index in [1.807, 2.05) is 0 Å². The first-order valence-corrected chi connectivity index (χ1v) is 4.31. The van der Waals surface area contributed by atoms with Gasteiger partial charge >= 0.3 is 0 Å². The van der Waals surface area contributed by atoms with Gasteiger partial charge in [-0.15, -0.1) is 0 Å². The van der Waals surface area contributed by atoms with E-state index in [2.05, 4.69) is 15.5 Å². The molecule has 14 heavy (non-hydrogen) atoms. The van der Waals surface area contributed by atoms with Gasteiger partial charge in [-0.2, -0.15) is 5.10 Å². The maximum absolute atomic E-state index is 11.1. The zero-order chi connectivity index (χ0) is 10.7. The number of nitrogens with one attached hydrogen (secondary N) is 2. The predicted molar refractivity (Wildman–Crippen MR) is 52.5 cm³/mol. The molecule has 0 saturated carbocycles. The highest BCUT2D eigenvalue weighted by Gasteiger charge is 2.13. The lowest BCUT2D eigenvalue weighted by atomic mass is 10.2. The molecule has 0 unspecified atom stereocenters. The maximum atomic E-state index is 11.1. The van der Waals surface area contributed by atoms with Crippen LogP contribution in [-0.2, 0) is 4.79 Å². The second-order valence-corrected chi connectivity index (χ2v) is 3.18. The third kappa shape index (κ3) is 2.18. The number of Topliss-reactive ketones (excluding diaryl/α,β-unsaturated/α-hetero) is 2. The quantitative estimate of drug-likeness (QED) is 0.700. The van der Waals surface area contributed by atoms with E-state index >= 15 is 0 Å². The molecule has 0 amide bonds. The van der Waals surface area contributed by atoms with Gasteiger partial charge in [-0.25, -0.2) is 0 Å². The van der Waals surface area contributed by atoms with Gasteiger partial charge in [-0.3, -0.25) is 14.7 Å². The normalized spacial score (nSPS) is 9.93. The fraction of sp³-hybridized carbons (Fsp3) is 0.444. The summed E-state index contributed by atoms with van der Waals surface area (Å²) >= 11 is 0. The number of nitrogens with zero attached hydrogens (tertiary/aromatic N) is 1. The van der Waals surface area contributed by atoms with Crippen LogP contribution < -0.4 is 5.32 Å². The van der Waals surface area contributed by atoms with E-state index in [0.29, 0.717) is 11.4 Å². The van der Waals surface area contributed by atoms with Crippen molar-refractivity contribution in [1.82, 2.24) is 10.2 Å². The molecule has 0 aliphatic carbocycles. The van der Waals surface area contributed by atoms with Gasteiger partial charge in [0.1, 0.15) is 5.78 Å². The molecule has 0 bridgehead atoms. The molecule has 1 aromatic heterocycles. The Balaban J connectivity index is 2.88. The fourth-order valence-electron chi connectivity index (χ4n) is 1.11. The summed E-state index contributed by atoms with van der Waals surface area (Å²) < 4.78 is 0. The molecular weight excluding hydrogens is 182 g/mol. The SMILES string of the molecule is CC(=O)CNc1c(C(C)=O)n[nH]c1C. The minimum Gasteiger partial charge on any atom is -0.375 e. The van der Waals surface area contributed by atoms with E-state index in [1.54, 1.807) is 6.92 Å². The van der Waals surface area contributed by atoms with E-state index in [1.165, 1.54) is 13.8 Å². The van der Waals surface area contributed by atoms with E-state index in [0.717, 1.165) is 5.69 Å². The first-order chi connectivity index (χ1) is 6.52. The van der Waals surface area contributed by atoms with Gasteiger partial charge in [0, 0.05) is 6.92 Å². The van der Waals surface area contributed by atoms with Crippen molar-refractivity contribution in [2.24, 2.45) is 0 Å². The molecule has 0 fully saturated rings. The van der Waals surface area contributed by atoms with Gasteiger partial charge in [0.25, 0.3) is 0 Å². The number of aromatic nitrogens is 2. The summed E-state index contributed by atoms with van der Waals surface area (Å²) in [5, 5.41) is 9.42. The highest BCUT2D eigenvalue weighted by molar-refractivity contribution is 5.98. The molecule has 0 saturated heterocycles. The molecule has 1 aromatic rings. The summed E-state index contributed by atoms with van der Waals surface area (Å²) in [7, 11) is 0.